The van der Waals surface area contributed by atoms with Crippen molar-refractivity contribution < 1.29 is 9.53 Å². The Morgan fingerprint density at radius 1 is 1.38 bits per heavy atom. The zero-order chi connectivity index (χ0) is 12.8. The Bertz CT molecular complexity index is 325. The Hall–Kier alpha value is -1.55. The van der Waals surface area contributed by atoms with E-state index in [9.17, 15) is 10.1 Å². The van der Waals surface area contributed by atoms with Crippen molar-refractivity contribution in [2.75, 3.05) is 6.61 Å². The summed E-state index contributed by atoms with van der Waals surface area (Å²) in [7, 11) is 0. The molecule has 2 atom stereocenters. The number of carbonyl (C=O) groups is 1. The summed E-state index contributed by atoms with van der Waals surface area (Å²) < 4.78 is 4.93. The molecule has 0 amide bonds. The summed E-state index contributed by atoms with van der Waals surface area (Å²) in [4.78, 5) is 11.9. The fraction of sp³-hybridized carbons (Fsp3) is 0.750. The second-order valence-corrected chi connectivity index (χ2v) is 3.95. The van der Waals surface area contributed by atoms with Gasteiger partial charge < -0.3 is 4.74 Å². The number of nitriles is 2. The molecule has 2 unspecified atom stereocenters. The molecule has 4 nitrogen and oxygen atoms in total. The summed E-state index contributed by atoms with van der Waals surface area (Å²) in [5.74, 6) is -1.46. The van der Waals surface area contributed by atoms with Crippen molar-refractivity contribution in [2.45, 2.75) is 34.1 Å². The van der Waals surface area contributed by atoms with Crippen LogP contribution in [0.2, 0.25) is 0 Å². The van der Waals surface area contributed by atoms with Crippen LogP contribution in [-0.2, 0) is 9.53 Å². The van der Waals surface area contributed by atoms with Gasteiger partial charge in [-0.3, -0.25) is 4.79 Å². The van der Waals surface area contributed by atoms with Crippen LogP contribution in [0.15, 0.2) is 0 Å². The van der Waals surface area contributed by atoms with Gasteiger partial charge >= 0.3 is 5.97 Å². The standard InChI is InChI=1S/C12H18N2O2/c1-5-10(7-13)12(8-14,9(3)4)11(15)16-6-2/h9-10H,5-6H2,1-4H3. The first-order valence-electron chi connectivity index (χ1n) is 5.49. The van der Waals surface area contributed by atoms with Crippen LogP contribution in [-0.4, -0.2) is 12.6 Å². The maximum atomic E-state index is 11.9. The molecule has 0 saturated heterocycles. The van der Waals surface area contributed by atoms with Gasteiger partial charge in [-0.2, -0.15) is 10.5 Å². The summed E-state index contributed by atoms with van der Waals surface area (Å²) in [6, 6.07) is 4.05. The average Bonchev–Trinajstić information content (AvgIpc) is 2.25. The third-order valence-corrected chi connectivity index (χ3v) is 2.82. The predicted molar refractivity (Wildman–Crippen MR) is 58.9 cm³/mol. The molecule has 0 fully saturated rings. The Morgan fingerprint density at radius 3 is 2.19 bits per heavy atom. The largest absolute Gasteiger partial charge is 0.465 e. The minimum atomic E-state index is -1.35. The molecule has 0 N–H and O–H groups in total. The topological polar surface area (TPSA) is 73.9 Å². The zero-order valence-electron chi connectivity index (χ0n) is 10.3. The molecule has 0 radical (unpaired) electrons. The van der Waals surface area contributed by atoms with Crippen LogP contribution in [0.4, 0.5) is 0 Å². The smallest absolute Gasteiger partial charge is 0.328 e. The van der Waals surface area contributed by atoms with Crippen LogP contribution in [0.25, 0.3) is 0 Å². The van der Waals surface area contributed by atoms with E-state index in [0.29, 0.717) is 6.42 Å². The minimum absolute atomic E-state index is 0.219. The van der Waals surface area contributed by atoms with Gasteiger partial charge in [-0.15, -0.1) is 0 Å². The molecule has 0 aliphatic carbocycles. The summed E-state index contributed by atoms with van der Waals surface area (Å²) in [5.41, 5.74) is -1.35. The number of carbonyl (C=O) groups excluding carboxylic acids is 1. The molecule has 88 valence electrons. The Balaban J connectivity index is 5.43. The predicted octanol–water partition coefficient (Wildman–Crippen LogP) is 2.27. The van der Waals surface area contributed by atoms with Gasteiger partial charge in [-0.1, -0.05) is 20.8 Å². The van der Waals surface area contributed by atoms with Gasteiger partial charge in [0.25, 0.3) is 0 Å². The van der Waals surface area contributed by atoms with Crippen LogP contribution in [0.3, 0.4) is 0 Å². The van der Waals surface area contributed by atoms with Gasteiger partial charge in [-0.05, 0) is 19.3 Å². The lowest BCUT2D eigenvalue weighted by Gasteiger charge is -2.31. The Labute approximate surface area is 96.8 Å². The quantitative estimate of drug-likeness (QED) is 0.669. The molecule has 0 aromatic carbocycles. The van der Waals surface area contributed by atoms with E-state index in [1.54, 1.807) is 27.7 Å². The fourth-order valence-electron chi connectivity index (χ4n) is 1.80. The van der Waals surface area contributed by atoms with Crippen molar-refractivity contribution in [3.05, 3.63) is 0 Å². The van der Waals surface area contributed by atoms with Gasteiger partial charge in [0, 0.05) is 0 Å². The summed E-state index contributed by atoms with van der Waals surface area (Å²) in [6.07, 6.45) is 0.459. The SMILES string of the molecule is CCOC(=O)C(C#N)(C(C)C)C(C#N)CC. The highest BCUT2D eigenvalue weighted by molar-refractivity contribution is 5.81. The zero-order valence-corrected chi connectivity index (χ0v) is 10.3. The first kappa shape index (κ1) is 14.5. The van der Waals surface area contributed by atoms with E-state index < -0.39 is 17.3 Å². The van der Waals surface area contributed by atoms with Crippen LogP contribution in [0, 0.1) is 39.9 Å². The van der Waals surface area contributed by atoms with Gasteiger partial charge in [0.05, 0.1) is 24.7 Å². The third-order valence-electron chi connectivity index (χ3n) is 2.82. The molecule has 0 bridgehead atoms. The van der Waals surface area contributed by atoms with Crippen molar-refractivity contribution in [3.63, 3.8) is 0 Å². The van der Waals surface area contributed by atoms with Gasteiger partial charge in [-0.25, -0.2) is 0 Å². The molecular formula is C12H18N2O2. The number of ether oxygens (including phenoxy) is 1. The summed E-state index contributed by atoms with van der Waals surface area (Å²) in [5, 5.41) is 18.3. The number of hydrogen-bond donors (Lipinski definition) is 0. The van der Waals surface area contributed by atoms with Crippen LogP contribution in [0.5, 0.6) is 0 Å². The lowest BCUT2D eigenvalue weighted by molar-refractivity contribution is -0.156. The molecule has 0 aliphatic heterocycles. The third kappa shape index (κ3) is 2.33. The van der Waals surface area contributed by atoms with Crippen LogP contribution in [0.1, 0.15) is 34.1 Å². The molecule has 0 spiro atoms. The molecule has 0 aliphatic rings. The highest BCUT2D eigenvalue weighted by Gasteiger charge is 2.50. The van der Waals surface area contributed by atoms with E-state index in [0.717, 1.165) is 0 Å². The van der Waals surface area contributed by atoms with E-state index in [-0.39, 0.29) is 12.5 Å². The number of esters is 1. The lowest BCUT2D eigenvalue weighted by atomic mass is 9.68. The Kier molecular flexibility index (Phi) is 5.53. The highest BCUT2D eigenvalue weighted by atomic mass is 16.5. The van der Waals surface area contributed by atoms with Crippen molar-refractivity contribution in [3.8, 4) is 12.1 Å². The number of hydrogen-bond acceptors (Lipinski definition) is 4. The Morgan fingerprint density at radius 2 is 1.94 bits per heavy atom. The van der Waals surface area contributed by atoms with Crippen molar-refractivity contribution in [1.82, 2.24) is 0 Å². The second kappa shape index (κ2) is 6.12. The minimum Gasteiger partial charge on any atom is -0.465 e. The second-order valence-electron chi connectivity index (χ2n) is 3.95. The maximum absolute atomic E-state index is 11.9. The van der Waals surface area contributed by atoms with E-state index in [4.69, 9.17) is 10.00 Å². The summed E-state index contributed by atoms with van der Waals surface area (Å²) in [6.45, 7) is 7.23. The van der Waals surface area contributed by atoms with E-state index in [2.05, 4.69) is 0 Å². The molecule has 0 heterocycles. The molecule has 4 heteroatoms. The number of rotatable bonds is 5. The molecule has 0 saturated carbocycles. The molecule has 0 rings (SSSR count). The highest BCUT2D eigenvalue weighted by Crippen LogP contribution is 2.38. The maximum Gasteiger partial charge on any atom is 0.328 e. The molecule has 0 aromatic rings. The fourth-order valence-corrected chi connectivity index (χ4v) is 1.80. The first-order valence-corrected chi connectivity index (χ1v) is 5.49. The molecular weight excluding hydrogens is 204 g/mol. The van der Waals surface area contributed by atoms with Crippen molar-refractivity contribution in [1.29, 1.82) is 10.5 Å². The van der Waals surface area contributed by atoms with Crippen LogP contribution < -0.4 is 0 Å². The monoisotopic (exact) mass is 222 g/mol. The first-order chi connectivity index (χ1) is 7.50. The van der Waals surface area contributed by atoms with Crippen molar-refractivity contribution in [2.24, 2.45) is 17.3 Å². The number of nitrogens with zero attached hydrogens (tertiary/aromatic N) is 2. The lowest BCUT2D eigenvalue weighted by Crippen LogP contribution is -2.42. The molecule has 0 aromatic heterocycles. The van der Waals surface area contributed by atoms with Crippen molar-refractivity contribution >= 4 is 5.97 Å². The molecule has 16 heavy (non-hydrogen) atoms. The average molecular weight is 222 g/mol. The summed E-state index contributed by atoms with van der Waals surface area (Å²) >= 11 is 0. The van der Waals surface area contributed by atoms with Gasteiger partial charge in [0.2, 0.25) is 0 Å². The van der Waals surface area contributed by atoms with E-state index in [1.165, 1.54) is 0 Å². The van der Waals surface area contributed by atoms with Gasteiger partial charge in [0.1, 0.15) is 0 Å². The van der Waals surface area contributed by atoms with Gasteiger partial charge in [0.15, 0.2) is 5.41 Å². The van der Waals surface area contributed by atoms with E-state index >= 15 is 0 Å². The van der Waals surface area contributed by atoms with E-state index in [1.807, 2.05) is 12.1 Å². The van der Waals surface area contributed by atoms with Crippen LogP contribution >= 0.6 is 0 Å². The normalized spacial score (nSPS) is 15.7.